The van der Waals surface area contributed by atoms with Crippen molar-refractivity contribution in [1.29, 1.82) is 0 Å². The summed E-state index contributed by atoms with van der Waals surface area (Å²) in [6.07, 6.45) is 2.39. The van der Waals surface area contributed by atoms with Crippen LogP contribution in [0.15, 0.2) is 42.5 Å². The Balaban J connectivity index is 1.50. The van der Waals surface area contributed by atoms with Gasteiger partial charge in [0, 0.05) is 24.5 Å². The molecule has 27 heavy (non-hydrogen) atoms. The molecule has 0 radical (unpaired) electrons. The third-order valence-corrected chi connectivity index (χ3v) is 4.34. The Morgan fingerprint density at radius 2 is 1.81 bits per heavy atom. The van der Waals surface area contributed by atoms with Gasteiger partial charge >= 0.3 is 5.97 Å². The van der Waals surface area contributed by atoms with Crippen LogP contribution in [0.4, 0.5) is 15.8 Å². The first-order valence-electron chi connectivity index (χ1n) is 8.72. The molecule has 1 fully saturated rings. The molecular formula is C20H21FN2O4. The normalized spacial score (nSPS) is 13.3. The van der Waals surface area contributed by atoms with Crippen molar-refractivity contribution in [2.75, 3.05) is 37.0 Å². The first kappa shape index (κ1) is 18.7. The minimum absolute atomic E-state index is 0.0102. The second-order valence-corrected chi connectivity index (χ2v) is 6.21. The molecule has 1 aliphatic heterocycles. The molecule has 142 valence electrons. The fourth-order valence-electron chi connectivity index (χ4n) is 2.94. The zero-order valence-electron chi connectivity index (χ0n) is 15.0. The number of amides is 1. The third kappa shape index (κ3) is 4.75. The average molecular weight is 372 g/mol. The lowest BCUT2D eigenvalue weighted by atomic mass is 10.2. The van der Waals surface area contributed by atoms with E-state index in [1.807, 2.05) is 24.3 Å². The maximum Gasteiger partial charge on any atom is 0.338 e. The highest BCUT2D eigenvalue weighted by Crippen LogP contribution is 2.22. The van der Waals surface area contributed by atoms with Gasteiger partial charge in [0.05, 0.1) is 12.7 Å². The van der Waals surface area contributed by atoms with Crippen molar-refractivity contribution in [3.8, 4) is 5.75 Å². The molecule has 1 saturated heterocycles. The predicted molar refractivity (Wildman–Crippen MR) is 99.8 cm³/mol. The number of methoxy groups -OCH3 is 1. The van der Waals surface area contributed by atoms with Crippen LogP contribution < -0.4 is 15.0 Å². The highest BCUT2D eigenvalue weighted by atomic mass is 19.1. The van der Waals surface area contributed by atoms with Gasteiger partial charge in [-0.25, -0.2) is 9.18 Å². The number of carbonyl (C=O) groups excluding carboxylic acids is 2. The van der Waals surface area contributed by atoms with Gasteiger partial charge in [0.25, 0.3) is 5.91 Å². The Kier molecular flexibility index (Phi) is 5.90. The van der Waals surface area contributed by atoms with E-state index in [0.29, 0.717) is 5.69 Å². The lowest BCUT2D eigenvalue weighted by Crippen LogP contribution is -2.21. The molecule has 2 aromatic rings. The summed E-state index contributed by atoms with van der Waals surface area (Å²) >= 11 is 0. The quantitative estimate of drug-likeness (QED) is 0.789. The number of nitrogens with one attached hydrogen (secondary N) is 1. The summed E-state index contributed by atoms with van der Waals surface area (Å²) in [5.74, 6) is -1.89. The summed E-state index contributed by atoms with van der Waals surface area (Å²) in [5, 5.41) is 2.67. The summed E-state index contributed by atoms with van der Waals surface area (Å²) in [6.45, 7) is 1.64. The Labute approximate surface area is 156 Å². The molecule has 0 saturated carbocycles. The largest absolute Gasteiger partial charge is 0.494 e. The zero-order valence-corrected chi connectivity index (χ0v) is 15.0. The Hall–Kier alpha value is -3.09. The number of halogens is 1. The van der Waals surface area contributed by atoms with Gasteiger partial charge in [-0.15, -0.1) is 0 Å². The molecule has 2 aromatic carbocycles. The van der Waals surface area contributed by atoms with Crippen LogP contribution in [0, 0.1) is 5.82 Å². The second-order valence-electron chi connectivity index (χ2n) is 6.21. The summed E-state index contributed by atoms with van der Waals surface area (Å²) < 4.78 is 23.3. The molecule has 3 rings (SSSR count). The van der Waals surface area contributed by atoms with Crippen LogP contribution in [0.25, 0.3) is 0 Å². The molecule has 0 spiro atoms. The number of hydrogen-bond donors (Lipinski definition) is 1. The fraction of sp³-hybridized carbons (Fsp3) is 0.300. The van der Waals surface area contributed by atoms with Gasteiger partial charge in [-0.3, -0.25) is 4.79 Å². The van der Waals surface area contributed by atoms with Crippen LogP contribution in [0.2, 0.25) is 0 Å². The number of carbonyl (C=O) groups is 2. The van der Waals surface area contributed by atoms with Crippen molar-refractivity contribution in [2.45, 2.75) is 12.8 Å². The number of esters is 1. The van der Waals surface area contributed by atoms with Gasteiger partial charge in [-0.2, -0.15) is 0 Å². The number of rotatable bonds is 6. The van der Waals surface area contributed by atoms with Crippen LogP contribution >= 0.6 is 0 Å². The smallest absolute Gasteiger partial charge is 0.338 e. The first-order chi connectivity index (χ1) is 13.1. The SMILES string of the molecule is COc1ccc(C(=O)OCC(=O)Nc2ccc(N3CCCC3)cc2)cc1F. The van der Waals surface area contributed by atoms with E-state index < -0.39 is 24.3 Å². The lowest BCUT2D eigenvalue weighted by Gasteiger charge is -2.17. The number of hydrogen-bond acceptors (Lipinski definition) is 5. The summed E-state index contributed by atoms with van der Waals surface area (Å²) in [6, 6.07) is 11.2. The van der Waals surface area contributed by atoms with E-state index in [-0.39, 0.29) is 11.3 Å². The highest BCUT2D eigenvalue weighted by Gasteiger charge is 2.14. The number of ether oxygens (including phenoxy) is 2. The number of anilines is 2. The van der Waals surface area contributed by atoms with Gasteiger partial charge < -0.3 is 19.7 Å². The average Bonchev–Trinajstić information content (AvgIpc) is 3.21. The molecule has 1 aliphatic rings. The van der Waals surface area contributed by atoms with Crippen LogP contribution in [-0.2, 0) is 9.53 Å². The number of benzene rings is 2. The van der Waals surface area contributed by atoms with E-state index in [2.05, 4.69) is 10.2 Å². The molecule has 1 N–H and O–H groups in total. The Bertz CT molecular complexity index is 817. The van der Waals surface area contributed by atoms with Gasteiger partial charge in [0.15, 0.2) is 18.2 Å². The molecule has 0 unspecified atom stereocenters. The van der Waals surface area contributed by atoms with Crippen LogP contribution in [0.1, 0.15) is 23.2 Å². The van der Waals surface area contributed by atoms with Crippen molar-refractivity contribution >= 4 is 23.3 Å². The minimum atomic E-state index is -0.781. The topological polar surface area (TPSA) is 67.9 Å². The fourth-order valence-corrected chi connectivity index (χ4v) is 2.94. The summed E-state index contributed by atoms with van der Waals surface area (Å²) in [7, 11) is 1.33. The monoisotopic (exact) mass is 372 g/mol. The van der Waals surface area contributed by atoms with E-state index in [9.17, 15) is 14.0 Å². The lowest BCUT2D eigenvalue weighted by molar-refractivity contribution is -0.119. The van der Waals surface area contributed by atoms with Crippen molar-refractivity contribution in [3.63, 3.8) is 0 Å². The van der Waals surface area contributed by atoms with E-state index in [4.69, 9.17) is 9.47 Å². The molecular weight excluding hydrogens is 351 g/mol. The first-order valence-corrected chi connectivity index (χ1v) is 8.72. The highest BCUT2D eigenvalue weighted by molar-refractivity contribution is 5.95. The van der Waals surface area contributed by atoms with Crippen LogP contribution in [0.3, 0.4) is 0 Å². The molecule has 0 bridgehead atoms. The van der Waals surface area contributed by atoms with E-state index >= 15 is 0 Å². The van der Waals surface area contributed by atoms with E-state index in [1.54, 1.807) is 0 Å². The standard InChI is InChI=1S/C20H21FN2O4/c1-26-18-9-4-14(12-17(18)21)20(25)27-13-19(24)22-15-5-7-16(8-6-15)23-10-2-3-11-23/h4-9,12H,2-3,10-11,13H2,1H3,(H,22,24). The Morgan fingerprint density at radius 3 is 2.44 bits per heavy atom. The van der Waals surface area contributed by atoms with Crippen molar-refractivity contribution in [3.05, 3.63) is 53.8 Å². The second kappa shape index (κ2) is 8.53. The van der Waals surface area contributed by atoms with Crippen molar-refractivity contribution in [2.24, 2.45) is 0 Å². The Morgan fingerprint density at radius 1 is 1.11 bits per heavy atom. The molecule has 7 heteroatoms. The van der Waals surface area contributed by atoms with E-state index in [0.717, 1.165) is 24.8 Å². The van der Waals surface area contributed by atoms with Gasteiger partial charge in [-0.05, 0) is 55.3 Å². The number of nitrogens with zero attached hydrogens (tertiary/aromatic N) is 1. The van der Waals surface area contributed by atoms with Gasteiger partial charge in [0.2, 0.25) is 0 Å². The molecule has 0 aliphatic carbocycles. The van der Waals surface area contributed by atoms with Gasteiger partial charge in [0.1, 0.15) is 0 Å². The van der Waals surface area contributed by atoms with Crippen molar-refractivity contribution < 1.29 is 23.5 Å². The van der Waals surface area contributed by atoms with Gasteiger partial charge in [-0.1, -0.05) is 0 Å². The molecule has 0 aromatic heterocycles. The third-order valence-electron chi connectivity index (χ3n) is 4.34. The van der Waals surface area contributed by atoms with E-state index in [1.165, 1.54) is 32.1 Å². The summed E-state index contributed by atoms with van der Waals surface area (Å²) in [5.41, 5.74) is 1.75. The maximum absolute atomic E-state index is 13.6. The maximum atomic E-state index is 13.6. The van der Waals surface area contributed by atoms with Crippen molar-refractivity contribution in [1.82, 2.24) is 0 Å². The molecule has 1 amide bonds. The zero-order chi connectivity index (χ0) is 19.2. The molecule has 1 heterocycles. The molecule has 6 nitrogen and oxygen atoms in total. The van der Waals surface area contributed by atoms with Crippen LogP contribution in [-0.4, -0.2) is 38.7 Å². The predicted octanol–water partition coefficient (Wildman–Crippen LogP) is 3.23. The van der Waals surface area contributed by atoms with Crippen LogP contribution in [0.5, 0.6) is 5.75 Å². The minimum Gasteiger partial charge on any atom is -0.494 e. The molecule has 0 atom stereocenters. The summed E-state index contributed by atoms with van der Waals surface area (Å²) in [4.78, 5) is 26.2.